The molecule has 38 heavy (non-hydrogen) atoms. The lowest BCUT2D eigenvalue weighted by molar-refractivity contribution is -0.0516. The predicted molar refractivity (Wildman–Crippen MR) is 156 cm³/mol. The first-order chi connectivity index (χ1) is 18.3. The van der Waals surface area contributed by atoms with Crippen LogP contribution in [0.3, 0.4) is 0 Å². The molecule has 3 aromatic rings. The van der Waals surface area contributed by atoms with Crippen molar-refractivity contribution in [1.29, 1.82) is 0 Å². The van der Waals surface area contributed by atoms with Gasteiger partial charge in [-0.2, -0.15) is 0 Å². The molecule has 4 atom stereocenters. The van der Waals surface area contributed by atoms with E-state index in [-0.39, 0.29) is 23.4 Å². The number of benzene rings is 3. The van der Waals surface area contributed by atoms with Gasteiger partial charge in [0.05, 0.1) is 25.9 Å². The van der Waals surface area contributed by atoms with Crippen LogP contribution in [0.4, 0.5) is 4.39 Å². The molecular weight excluding hydrogens is 515 g/mol. The van der Waals surface area contributed by atoms with E-state index in [0.29, 0.717) is 13.0 Å². The Morgan fingerprint density at radius 2 is 1.53 bits per heavy atom. The third-order valence-corrected chi connectivity index (χ3v) is 13.1. The molecule has 0 N–H and O–H groups in total. The largest absolute Gasteiger partial charge is 0.497 e. The molecular formula is C31H39FO4SSi. The summed E-state index contributed by atoms with van der Waals surface area (Å²) in [6.45, 7) is 8.61. The van der Waals surface area contributed by atoms with Crippen LogP contribution in [0.25, 0.3) is 0 Å². The molecule has 0 amide bonds. The van der Waals surface area contributed by atoms with E-state index in [1.54, 1.807) is 7.11 Å². The third kappa shape index (κ3) is 6.51. The SMILES string of the molecule is COc1ccc(SC(CF)OC2C[C@H](C)O[C@@H]2CO[Si](c2ccccc2)(c2ccccc2)C(C)(C)C)cc1. The first-order valence-electron chi connectivity index (χ1n) is 13.2. The Labute approximate surface area is 232 Å². The van der Waals surface area contributed by atoms with Crippen molar-refractivity contribution < 1.29 is 23.0 Å². The van der Waals surface area contributed by atoms with Crippen molar-refractivity contribution >= 4 is 30.5 Å². The summed E-state index contributed by atoms with van der Waals surface area (Å²) in [6, 6.07) is 28.7. The van der Waals surface area contributed by atoms with Crippen molar-refractivity contribution in [1.82, 2.24) is 0 Å². The van der Waals surface area contributed by atoms with E-state index in [1.165, 1.54) is 22.1 Å². The Bertz CT molecular complexity index is 1080. The number of hydrogen-bond acceptors (Lipinski definition) is 5. The Kier molecular flexibility index (Phi) is 9.71. The maximum Gasteiger partial charge on any atom is 0.261 e. The minimum atomic E-state index is -2.71. The molecule has 0 aliphatic carbocycles. The van der Waals surface area contributed by atoms with Gasteiger partial charge in [0.1, 0.15) is 24.0 Å². The Morgan fingerprint density at radius 1 is 0.947 bits per heavy atom. The van der Waals surface area contributed by atoms with Gasteiger partial charge >= 0.3 is 0 Å². The Hall–Kier alpha value is -2.16. The fraction of sp³-hybridized carbons (Fsp3) is 0.419. The van der Waals surface area contributed by atoms with E-state index in [0.717, 1.165) is 10.6 Å². The highest BCUT2D eigenvalue weighted by Crippen LogP contribution is 2.38. The van der Waals surface area contributed by atoms with Gasteiger partial charge in [-0.1, -0.05) is 93.2 Å². The maximum absolute atomic E-state index is 14.1. The van der Waals surface area contributed by atoms with E-state index in [1.807, 2.05) is 43.3 Å². The third-order valence-electron chi connectivity index (χ3n) is 7.05. The number of methoxy groups -OCH3 is 1. The van der Waals surface area contributed by atoms with Crippen molar-refractivity contribution in [2.75, 3.05) is 20.4 Å². The number of hydrogen-bond donors (Lipinski definition) is 0. The zero-order valence-electron chi connectivity index (χ0n) is 22.9. The Morgan fingerprint density at radius 3 is 2.03 bits per heavy atom. The van der Waals surface area contributed by atoms with Crippen LogP contribution >= 0.6 is 11.8 Å². The Balaban J connectivity index is 1.55. The van der Waals surface area contributed by atoms with Gasteiger partial charge in [0.2, 0.25) is 0 Å². The molecule has 1 aliphatic heterocycles. The minimum Gasteiger partial charge on any atom is -0.497 e. The van der Waals surface area contributed by atoms with Gasteiger partial charge in [-0.15, -0.1) is 0 Å². The molecule has 2 unspecified atom stereocenters. The predicted octanol–water partition coefficient (Wildman–Crippen LogP) is 6.22. The summed E-state index contributed by atoms with van der Waals surface area (Å²) in [5.74, 6) is 0.769. The smallest absolute Gasteiger partial charge is 0.261 e. The van der Waals surface area contributed by atoms with Crippen LogP contribution in [0.1, 0.15) is 34.1 Å². The number of ether oxygens (including phenoxy) is 3. The topological polar surface area (TPSA) is 36.9 Å². The highest BCUT2D eigenvalue weighted by molar-refractivity contribution is 7.99. The summed E-state index contributed by atoms with van der Waals surface area (Å²) in [4.78, 5) is 0.931. The number of halogens is 1. The molecule has 0 saturated carbocycles. The molecule has 1 heterocycles. The molecule has 0 bridgehead atoms. The fourth-order valence-corrected chi connectivity index (χ4v) is 10.7. The quantitative estimate of drug-likeness (QED) is 0.160. The first-order valence-corrected chi connectivity index (χ1v) is 16.0. The summed E-state index contributed by atoms with van der Waals surface area (Å²) < 4.78 is 39.1. The van der Waals surface area contributed by atoms with Crippen LogP contribution in [0.2, 0.25) is 5.04 Å². The second-order valence-corrected chi connectivity index (χ2v) is 16.3. The van der Waals surface area contributed by atoms with Gasteiger partial charge in [0, 0.05) is 11.3 Å². The van der Waals surface area contributed by atoms with Crippen molar-refractivity contribution in [3.05, 3.63) is 84.9 Å². The lowest BCUT2D eigenvalue weighted by Gasteiger charge is -2.43. The van der Waals surface area contributed by atoms with Gasteiger partial charge < -0.3 is 18.6 Å². The number of alkyl halides is 1. The zero-order valence-corrected chi connectivity index (χ0v) is 24.7. The molecule has 0 spiro atoms. The summed E-state index contributed by atoms with van der Waals surface area (Å²) >= 11 is 1.38. The molecule has 4 rings (SSSR count). The van der Waals surface area contributed by atoms with Crippen LogP contribution in [-0.4, -0.2) is 52.5 Å². The summed E-state index contributed by atoms with van der Waals surface area (Å²) in [7, 11) is -1.08. The van der Waals surface area contributed by atoms with Gasteiger partial charge in [-0.25, -0.2) is 4.39 Å². The maximum atomic E-state index is 14.1. The molecule has 0 aromatic heterocycles. The van der Waals surface area contributed by atoms with Crippen molar-refractivity contribution in [3.8, 4) is 5.75 Å². The summed E-state index contributed by atoms with van der Waals surface area (Å²) in [6.07, 6.45) is 0.180. The van der Waals surface area contributed by atoms with E-state index in [4.69, 9.17) is 18.6 Å². The lowest BCUT2D eigenvalue weighted by Crippen LogP contribution is -2.67. The van der Waals surface area contributed by atoms with Crippen LogP contribution in [0.5, 0.6) is 5.75 Å². The first kappa shape index (κ1) is 28.8. The van der Waals surface area contributed by atoms with Gasteiger partial charge in [0.15, 0.2) is 0 Å². The molecule has 0 radical (unpaired) electrons. The average molecular weight is 555 g/mol. The highest BCUT2D eigenvalue weighted by Gasteiger charge is 2.51. The van der Waals surface area contributed by atoms with E-state index < -0.39 is 20.4 Å². The van der Waals surface area contributed by atoms with Crippen LogP contribution < -0.4 is 15.1 Å². The van der Waals surface area contributed by atoms with Gasteiger partial charge in [-0.05, 0) is 46.6 Å². The highest BCUT2D eigenvalue weighted by atomic mass is 32.2. The molecule has 1 fully saturated rings. The van der Waals surface area contributed by atoms with Crippen LogP contribution in [0, 0.1) is 0 Å². The van der Waals surface area contributed by atoms with E-state index >= 15 is 0 Å². The second kappa shape index (κ2) is 12.8. The van der Waals surface area contributed by atoms with E-state index in [2.05, 4.69) is 69.3 Å². The molecule has 1 aliphatic rings. The lowest BCUT2D eigenvalue weighted by atomic mass is 10.1. The monoisotopic (exact) mass is 554 g/mol. The molecule has 204 valence electrons. The molecule has 7 heteroatoms. The van der Waals surface area contributed by atoms with Gasteiger partial charge in [-0.3, -0.25) is 0 Å². The van der Waals surface area contributed by atoms with Gasteiger partial charge in [0.25, 0.3) is 8.32 Å². The van der Waals surface area contributed by atoms with E-state index in [9.17, 15) is 4.39 Å². The van der Waals surface area contributed by atoms with Crippen LogP contribution in [0.15, 0.2) is 89.8 Å². The summed E-state index contributed by atoms with van der Waals surface area (Å²) in [5, 5.41) is 2.31. The van der Waals surface area contributed by atoms with Crippen LogP contribution in [-0.2, 0) is 13.9 Å². The van der Waals surface area contributed by atoms with Crippen molar-refractivity contribution in [2.24, 2.45) is 0 Å². The summed E-state index contributed by atoms with van der Waals surface area (Å²) in [5.41, 5.74) is -0.627. The standard InChI is InChI=1S/C31H39FO4SSi/c1-23-20-28(36-30(21-32)37-25-18-16-24(33-5)17-19-25)29(35-23)22-34-38(31(2,3)4,26-12-8-6-9-13-26)27-14-10-7-11-15-27/h6-19,23,28-30H,20-22H2,1-5H3/t23-,28?,29+,30?/m0/s1. The molecule has 4 nitrogen and oxygen atoms in total. The number of thioether (sulfide) groups is 1. The van der Waals surface area contributed by atoms with Crippen molar-refractivity contribution in [2.45, 2.75) is 67.8 Å². The van der Waals surface area contributed by atoms with Crippen molar-refractivity contribution in [3.63, 3.8) is 0 Å². The zero-order chi connectivity index (χ0) is 27.2. The average Bonchev–Trinajstić information content (AvgIpc) is 3.28. The molecule has 1 saturated heterocycles. The minimum absolute atomic E-state index is 0.0130. The fourth-order valence-electron chi connectivity index (χ4n) is 5.28. The normalized spacial score (nSPS) is 20.8. The second-order valence-electron chi connectivity index (χ2n) is 10.7. The molecule has 3 aromatic carbocycles. The number of rotatable bonds is 11.